The molecular weight excluding hydrogens is 333 g/mol. The molecule has 8 heteroatoms. The van der Waals surface area contributed by atoms with Gasteiger partial charge >= 0.3 is 6.03 Å². The molecule has 3 amide bonds. The van der Waals surface area contributed by atoms with Gasteiger partial charge in [0.1, 0.15) is 5.82 Å². The molecule has 1 fully saturated rings. The maximum absolute atomic E-state index is 13.2. The van der Waals surface area contributed by atoms with E-state index in [0.29, 0.717) is 10.3 Å². The third-order valence-corrected chi connectivity index (χ3v) is 5.08. The quantitative estimate of drug-likeness (QED) is 0.637. The first-order chi connectivity index (χ1) is 11.5. The summed E-state index contributed by atoms with van der Waals surface area (Å²) in [6, 6.07) is 6.57. The molecular formula is C16H12FN3O3S. The van der Waals surface area contributed by atoms with Gasteiger partial charge in [0.05, 0.1) is 11.2 Å². The third kappa shape index (κ3) is 2.07. The Morgan fingerprint density at radius 3 is 2.58 bits per heavy atom. The van der Waals surface area contributed by atoms with Gasteiger partial charge in [-0.25, -0.2) is 9.18 Å². The number of halogens is 1. The summed E-state index contributed by atoms with van der Waals surface area (Å²) >= 11 is 1.38. The number of carbonyl (C=O) groups is 2. The molecule has 3 N–H and O–H groups in total. The standard InChI is InChI=1S/C16H12FN3O3S/c17-11-3-1-10(2-4-11)16(14(22)18-15(23)19-16)8-20-7-9-5-6-24-12(9)13(20)21/h1-7,21H,8H2,(H2,18,19,22,23). The molecule has 4 rings (SSSR count). The molecule has 0 bridgehead atoms. The lowest BCUT2D eigenvalue weighted by molar-refractivity contribution is -0.124. The first-order valence-corrected chi connectivity index (χ1v) is 8.02. The van der Waals surface area contributed by atoms with Crippen molar-refractivity contribution in [3.8, 4) is 5.88 Å². The topological polar surface area (TPSA) is 83.4 Å². The van der Waals surface area contributed by atoms with Gasteiger partial charge in [0.2, 0.25) is 5.88 Å². The molecule has 0 spiro atoms. The SMILES string of the molecule is O=C1NC(=O)C(Cn2cc3ccsc3c2O)(c2ccc(F)cc2)N1. The van der Waals surface area contributed by atoms with Gasteiger partial charge in [0.15, 0.2) is 5.54 Å². The Labute approximate surface area is 139 Å². The van der Waals surface area contributed by atoms with Gasteiger partial charge in [0.25, 0.3) is 5.91 Å². The average molecular weight is 345 g/mol. The zero-order valence-corrected chi connectivity index (χ0v) is 13.1. The second kappa shape index (κ2) is 5.07. The van der Waals surface area contributed by atoms with E-state index < -0.39 is 23.3 Å². The number of nitrogens with one attached hydrogen (secondary N) is 2. The van der Waals surface area contributed by atoms with E-state index in [1.54, 1.807) is 6.20 Å². The Morgan fingerprint density at radius 1 is 1.21 bits per heavy atom. The molecule has 1 aromatic carbocycles. The second-order valence-corrected chi connectivity index (χ2v) is 6.52. The molecule has 1 unspecified atom stereocenters. The Bertz CT molecular complexity index is 963. The van der Waals surface area contributed by atoms with Crippen LogP contribution in [0.5, 0.6) is 5.88 Å². The number of carbonyl (C=O) groups excluding carboxylic acids is 2. The van der Waals surface area contributed by atoms with Crippen molar-refractivity contribution in [2.75, 3.05) is 0 Å². The Balaban J connectivity index is 1.83. The summed E-state index contributed by atoms with van der Waals surface area (Å²) in [5.74, 6) is -0.964. The van der Waals surface area contributed by atoms with Crippen molar-refractivity contribution in [3.63, 3.8) is 0 Å². The summed E-state index contributed by atoms with van der Waals surface area (Å²) in [6.45, 7) is -0.0105. The molecule has 1 aliphatic heterocycles. The number of hydrogen-bond acceptors (Lipinski definition) is 4. The highest BCUT2D eigenvalue weighted by Gasteiger charge is 2.48. The molecule has 0 radical (unpaired) electrons. The Morgan fingerprint density at radius 2 is 1.96 bits per heavy atom. The van der Waals surface area contributed by atoms with Crippen molar-refractivity contribution in [1.82, 2.24) is 15.2 Å². The summed E-state index contributed by atoms with van der Waals surface area (Å²) in [5, 5.41) is 17.9. The molecule has 24 heavy (non-hydrogen) atoms. The smallest absolute Gasteiger partial charge is 0.322 e. The molecule has 0 saturated carbocycles. The van der Waals surface area contributed by atoms with Crippen LogP contribution < -0.4 is 10.6 Å². The van der Waals surface area contributed by atoms with Gasteiger partial charge in [-0.3, -0.25) is 10.1 Å². The van der Waals surface area contributed by atoms with E-state index in [0.717, 1.165) is 5.39 Å². The van der Waals surface area contributed by atoms with Gasteiger partial charge in [-0.15, -0.1) is 11.3 Å². The fourth-order valence-electron chi connectivity index (χ4n) is 2.97. The molecule has 122 valence electrons. The lowest BCUT2D eigenvalue weighted by Crippen LogP contribution is -2.47. The lowest BCUT2D eigenvalue weighted by atomic mass is 9.89. The highest BCUT2D eigenvalue weighted by molar-refractivity contribution is 7.17. The number of thiophene rings is 1. The van der Waals surface area contributed by atoms with E-state index in [1.807, 2.05) is 11.4 Å². The average Bonchev–Trinajstić information content (AvgIpc) is 3.18. The van der Waals surface area contributed by atoms with Crippen molar-refractivity contribution in [3.05, 3.63) is 53.3 Å². The van der Waals surface area contributed by atoms with Crippen LogP contribution in [0.15, 0.2) is 41.9 Å². The van der Waals surface area contributed by atoms with Gasteiger partial charge in [-0.2, -0.15) is 0 Å². The van der Waals surface area contributed by atoms with Gasteiger partial charge < -0.3 is 15.0 Å². The van der Waals surface area contributed by atoms with Crippen molar-refractivity contribution < 1.29 is 19.1 Å². The third-order valence-electron chi connectivity index (χ3n) is 4.15. The van der Waals surface area contributed by atoms with E-state index in [4.69, 9.17) is 0 Å². The number of amides is 3. The number of aromatic hydroxyl groups is 1. The van der Waals surface area contributed by atoms with Crippen LogP contribution in [0.25, 0.3) is 10.1 Å². The first-order valence-electron chi connectivity index (χ1n) is 7.14. The van der Waals surface area contributed by atoms with E-state index in [9.17, 15) is 19.1 Å². The summed E-state index contributed by atoms with van der Waals surface area (Å²) in [7, 11) is 0. The van der Waals surface area contributed by atoms with Crippen LogP contribution in [0, 0.1) is 5.82 Å². The number of benzene rings is 1. The number of urea groups is 1. The zero-order valence-electron chi connectivity index (χ0n) is 12.2. The highest BCUT2D eigenvalue weighted by Crippen LogP contribution is 2.35. The molecule has 2 aromatic heterocycles. The van der Waals surface area contributed by atoms with Crippen LogP contribution in [0.2, 0.25) is 0 Å². The number of imide groups is 1. The van der Waals surface area contributed by atoms with Crippen LogP contribution in [-0.4, -0.2) is 21.6 Å². The molecule has 3 aromatic rings. The summed E-state index contributed by atoms with van der Waals surface area (Å²) < 4.78 is 15.4. The van der Waals surface area contributed by atoms with E-state index in [1.165, 1.54) is 40.2 Å². The van der Waals surface area contributed by atoms with Crippen molar-refractivity contribution in [2.24, 2.45) is 0 Å². The van der Waals surface area contributed by atoms with Gasteiger partial charge in [-0.05, 0) is 29.1 Å². The molecule has 3 heterocycles. The van der Waals surface area contributed by atoms with Gasteiger partial charge in [0, 0.05) is 11.6 Å². The number of aromatic nitrogens is 1. The monoisotopic (exact) mass is 345 g/mol. The largest absolute Gasteiger partial charge is 0.493 e. The van der Waals surface area contributed by atoms with Crippen LogP contribution in [-0.2, 0) is 16.9 Å². The van der Waals surface area contributed by atoms with Crippen molar-refractivity contribution >= 4 is 33.4 Å². The van der Waals surface area contributed by atoms with Crippen LogP contribution in [0.3, 0.4) is 0 Å². The van der Waals surface area contributed by atoms with E-state index in [2.05, 4.69) is 10.6 Å². The number of fused-ring (bicyclic) bond motifs is 1. The predicted molar refractivity (Wildman–Crippen MR) is 86.2 cm³/mol. The molecule has 1 atom stereocenters. The highest BCUT2D eigenvalue weighted by atomic mass is 32.1. The molecule has 0 aliphatic carbocycles. The van der Waals surface area contributed by atoms with Crippen LogP contribution >= 0.6 is 11.3 Å². The Kier molecular flexibility index (Phi) is 3.10. The number of nitrogens with zero attached hydrogens (tertiary/aromatic N) is 1. The minimum absolute atomic E-state index is 0.0105. The summed E-state index contributed by atoms with van der Waals surface area (Å²) in [4.78, 5) is 24.2. The van der Waals surface area contributed by atoms with Crippen LogP contribution in [0.4, 0.5) is 9.18 Å². The zero-order chi connectivity index (χ0) is 16.9. The van der Waals surface area contributed by atoms with Crippen molar-refractivity contribution in [1.29, 1.82) is 0 Å². The van der Waals surface area contributed by atoms with E-state index >= 15 is 0 Å². The molecule has 1 saturated heterocycles. The number of hydrogen-bond donors (Lipinski definition) is 3. The van der Waals surface area contributed by atoms with E-state index in [-0.39, 0.29) is 12.4 Å². The van der Waals surface area contributed by atoms with Crippen molar-refractivity contribution in [2.45, 2.75) is 12.1 Å². The second-order valence-electron chi connectivity index (χ2n) is 5.61. The first kappa shape index (κ1) is 14.7. The predicted octanol–water partition coefficient (Wildman–Crippen LogP) is 2.28. The Hall–Kier alpha value is -2.87. The fourth-order valence-corrected chi connectivity index (χ4v) is 3.80. The summed E-state index contributed by atoms with van der Waals surface area (Å²) in [6.07, 6.45) is 1.71. The van der Waals surface area contributed by atoms with Gasteiger partial charge in [-0.1, -0.05) is 12.1 Å². The summed E-state index contributed by atoms with van der Waals surface area (Å²) in [5.41, 5.74) is -0.979. The molecule has 6 nitrogen and oxygen atoms in total. The molecule has 1 aliphatic rings. The minimum atomic E-state index is -1.41. The fraction of sp³-hybridized carbons (Fsp3) is 0.125. The lowest BCUT2D eigenvalue weighted by Gasteiger charge is -2.27. The maximum Gasteiger partial charge on any atom is 0.322 e. The normalized spacial score (nSPS) is 20.4. The minimum Gasteiger partial charge on any atom is -0.493 e. The van der Waals surface area contributed by atoms with Crippen LogP contribution in [0.1, 0.15) is 5.56 Å². The maximum atomic E-state index is 13.2. The number of rotatable bonds is 3.